The SMILES string of the molecule is CCCCC1(CC)CCCC1. The molecule has 0 unspecified atom stereocenters. The molecular formula is C11H22. The van der Waals surface area contributed by atoms with Gasteiger partial charge in [0, 0.05) is 0 Å². The van der Waals surface area contributed by atoms with E-state index in [1.54, 1.807) is 0 Å². The molecule has 0 radical (unpaired) electrons. The Hall–Kier alpha value is 0. The molecule has 1 aliphatic carbocycles. The van der Waals surface area contributed by atoms with Crippen LogP contribution in [0.25, 0.3) is 0 Å². The van der Waals surface area contributed by atoms with Crippen LogP contribution in [0.2, 0.25) is 0 Å². The summed E-state index contributed by atoms with van der Waals surface area (Å²) in [6.45, 7) is 4.68. The molecule has 1 rings (SSSR count). The van der Waals surface area contributed by atoms with Crippen LogP contribution in [0.1, 0.15) is 65.2 Å². The second kappa shape index (κ2) is 4.13. The summed E-state index contributed by atoms with van der Waals surface area (Å²) in [6.07, 6.45) is 11.8. The quantitative estimate of drug-likeness (QED) is 0.570. The number of rotatable bonds is 4. The maximum atomic E-state index is 2.38. The Morgan fingerprint density at radius 2 is 1.73 bits per heavy atom. The van der Waals surface area contributed by atoms with Crippen molar-refractivity contribution in [2.75, 3.05) is 0 Å². The van der Waals surface area contributed by atoms with Crippen LogP contribution in [-0.4, -0.2) is 0 Å². The molecule has 0 aromatic rings. The molecule has 0 heteroatoms. The van der Waals surface area contributed by atoms with Crippen LogP contribution in [0.4, 0.5) is 0 Å². The Morgan fingerprint density at radius 1 is 1.09 bits per heavy atom. The highest BCUT2D eigenvalue weighted by atomic mass is 14.4. The maximum Gasteiger partial charge on any atom is -0.0300 e. The first-order valence-electron chi connectivity index (χ1n) is 5.33. The molecule has 0 spiro atoms. The van der Waals surface area contributed by atoms with Crippen LogP contribution in [0.5, 0.6) is 0 Å². The minimum absolute atomic E-state index is 0.788. The Balaban J connectivity index is 2.33. The van der Waals surface area contributed by atoms with E-state index in [0.717, 1.165) is 5.41 Å². The fraction of sp³-hybridized carbons (Fsp3) is 1.00. The van der Waals surface area contributed by atoms with Crippen LogP contribution in [0.15, 0.2) is 0 Å². The summed E-state index contributed by atoms with van der Waals surface area (Å²) in [5.41, 5.74) is 0.788. The minimum Gasteiger partial charge on any atom is -0.0654 e. The molecule has 0 atom stereocenters. The molecule has 0 saturated heterocycles. The van der Waals surface area contributed by atoms with E-state index in [1.165, 1.54) is 51.4 Å². The molecular weight excluding hydrogens is 132 g/mol. The first-order valence-corrected chi connectivity index (χ1v) is 5.33. The summed E-state index contributed by atoms with van der Waals surface area (Å²) in [5, 5.41) is 0. The van der Waals surface area contributed by atoms with E-state index in [0.29, 0.717) is 0 Å². The average Bonchev–Trinajstić information content (AvgIpc) is 2.50. The minimum atomic E-state index is 0.788. The van der Waals surface area contributed by atoms with E-state index in [9.17, 15) is 0 Å². The van der Waals surface area contributed by atoms with Crippen LogP contribution < -0.4 is 0 Å². The lowest BCUT2D eigenvalue weighted by molar-refractivity contribution is 0.252. The molecule has 66 valence electrons. The standard InChI is InChI=1S/C11H22/c1-3-5-8-11(4-2)9-6-7-10-11/h3-10H2,1-2H3. The zero-order valence-electron chi connectivity index (χ0n) is 8.16. The number of hydrogen-bond acceptors (Lipinski definition) is 0. The van der Waals surface area contributed by atoms with E-state index in [4.69, 9.17) is 0 Å². The van der Waals surface area contributed by atoms with Gasteiger partial charge in [-0.25, -0.2) is 0 Å². The Kier molecular flexibility index (Phi) is 3.42. The predicted molar refractivity (Wildman–Crippen MR) is 50.7 cm³/mol. The highest BCUT2D eigenvalue weighted by Crippen LogP contribution is 2.44. The van der Waals surface area contributed by atoms with E-state index in [1.807, 2.05) is 0 Å². The third-order valence-corrected chi connectivity index (χ3v) is 3.47. The van der Waals surface area contributed by atoms with Gasteiger partial charge in [0.05, 0.1) is 0 Å². The molecule has 0 aromatic carbocycles. The molecule has 1 aliphatic rings. The number of unbranched alkanes of at least 4 members (excludes halogenated alkanes) is 1. The lowest BCUT2D eigenvalue weighted by Gasteiger charge is -2.27. The monoisotopic (exact) mass is 154 g/mol. The normalized spacial score (nSPS) is 22.4. The van der Waals surface area contributed by atoms with Crippen molar-refractivity contribution in [1.82, 2.24) is 0 Å². The lowest BCUT2D eigenvalue weighted by atomic mass is 9.79. The zero-order valence-corrected chi connectivity index (χ0v) is 8.16. The average molecular weight is 154 g/mol. The second-order valence-electron chi connectivity index (χ2n) is 4.16. The molecule has 0 aromatic heterocycles. The molecule has 0 bridgehead atoms. The molecule has 1 saturated carbocycles. The van der Waals surface area contributed by atoms with Crippen molar-refractivity contribution in [3.63, 3.8) is 0 Å². The van der Waals surface area contributed by atoms with Crippen molar-refractivity contribution in [3.05, 3.63) is 0 Å². The molecule has 0 nitrogen and oxygen atoms in total. The van der Waals surface area contributed by atoms with E-state index < -0.39 is 0 Å². The van der Waals surface area contributed by atoms with Gasteiger partial charge in [0.1, 0.15) is 0 Å². The smallest absolute Gasteiger partial charge is 0.0300 e. The second-order valence-corrected chi connectivity index (χ2v) is 4.16. The van der Waals surface area contributed by atoms with Gasteiger partial charge in [-0.3, -0.25) is 0 Å². The van der Waals surface area contributed by atoms with Gasteiger partial charge in [-0.2, -0.15) is 0 Å². The molecule has 0 N–H and O–H groups in total. The summed E-state index contributed by atoms with van der Waals surface area (Å²) in [7, 11) is 0. The van der Waals surface area contributed by atoms with Gasteiger partial charge >= 0.3 is 0 Å². The van der Waals surface area contributed by atoms with Crippen molar-refractivity contribution in [1.29, 1.82) is 0 Å². The fourth-order valence-corrected chi connectivity index (χ4v) is 2.46. The van der Waals surface area contributed by atoms with Crippen molar-refractivity contribution < 1.29 is 0 Å². The summed E-state index contributed by atoms with van der Waals surface area (Å²) in [4.78, 5) is 0. The van der Waals surface area contributed by atoms with Crippen molar-refractivity contribution in [2.24, 2.45) is 5.41 Å². The lowest BCUT2D eigenvalue weighted by Crippen LogP contribution is -2.14. The first-order chi connectivity index (χ1) is 5.33. The molecule has 1 fully saturated rings. The van der Waals surface area contributed by atoms with Crippen LogP contribution in [-0.2, 0) is 0 Å². The van der Waals surface area contributed by atoms with Crippen LogP contribution in [0.3, 0.4) is 0 Å². The van der Waals surface area contributed by atoms with Gasteiger partial charge in [-0.05, 0) is 24.7 Å². The van der Waals surface area contributed by atoms with E-state index >= 15 is 0 Å². The molecule has 11 heavy (non-hydrogen) atoms. The van der Waals surface area contributed by atoms with Crippen molar-refractivity contribution in [3.8, 4) is 0 Å². The molecule has 0 heterocycles. The van der Waals surface area contributed by atoms with Crippen LogP contribution >= 0.6 is 0 Å². The summed E-state index contributed by atoms with van der Waals surface area (Å²) < 4.78 is 0. The summed E-state index contributed by atoms with van der Waals surface area (Å²) >= 11 is 0. The van der Waals surface area contributed by atoms with Crippen LogP contribution in [0, 0.1) is 5.41 Å². The van der Waals surface area contributed by atoms with E-state index in [-0.39, 0.29) is 0 Å². The van der Waals surface area contributed by atoms with Gasteiger partial charge in [0.2, 0.25) is 0 Å². The van der Waals surface area contributed by atoms with Gasteiger partial charge in [0.25, 0.3) is 0 Å². The predicted octanol–water partition coefficient (Wildman–Crippen LogP) is 4.15. The third kappa shape index (κ3) is 2.21. The first kappa shape index (κ1) is 9.09. The van der Waals surface area contributed by atoms with E-state index in [2.05, 4.69) is 13.8 Å². The largest absolute Gasteiger partial charge is 0.0654 e. The van der Waals surface area contributed by atoms with Gasteiger partial charge < -0.3 is 0 Å². The third-order valence-electron chi connectivity index (χ3n) is 3.47. The molecule has 0 aliphatic heterocycles. The zero-order chi connectivity index (χ0) is 8.16. The topological polar surface area (TPSA) is 0 Å². The highest BCUT2D eigenvalue weighted by Gasteiger charge is 2.30. The fourth-order valence-electron chi connectivity index (χ4n) is 2.46. The van der Waals surface area contributed by atoms with Gasteiger partial charge in [-0.1, -0.05) is 46.0 Å². The van der Waals surface area contributed by atoms with Gasteiger partial charge in [-0.15, -0.1) is 0 Å². The summed E-state index contributed by atoms with van der Waals surface area (Å²) in [6, 6.07) is 0. The Labute approximate surface area is 71.4 Å². The Bertz CT molecular complexity index is 98.6. The molecule has 0 amide bonds. The highest BCUT2D eigenvalue weighted by molar-refractivity contribution is 4.82. The number of hydrogen-bond donors (Lipinski definition) is 0. The van der Waals surface area contributed by atoms with Crippen molar-refractivity contribution in [2.45, 2.75) is 65.2 Å². The van der Waals surface area contributed by atoms with Gasteiger partial charge in [0.15, 0.2) is 0 Å². The maximum absolute atomic E-state index is 2.38. The summed E-state index contributed by atoms with van der Waals surface area (Å²) in [5.74, 6) is 0. The Morgan fingerprint density at radius 3 is 2.18 bits per heavy atom. The van der Waals surface area contributed by atoms with Crippen molar-refractivity contribution >= 4 is 0 Å².